The van der Waals surface area contributed by atoms with Gasteiger partial charge < -0.3 is 5.11 Å². The zero-order valence-electron chi connectivity index (χ0n) is 10.5. The van der Waals surface area contributed by atoms with E-state index in [9.17, 15) is 9.59 Å². The Morgan fingerprint density at radius 2 is 2.00 bits per heavy atom. The van der Waals surface area contributed by atoms with Crippen LogP contribution in [0.2, 0.25) is 0 Å². The lowest BCUT2D eigenvalue weighted by atomic mass is 9.94. The summed E-state index contributed by atoms with van der Waals surface area (Å²) in [6.45, 7) is 0. The van der Waals surface area contributed by atoms with Gasteiger partial charge in [0.25, 0.3) is 5.56 Å². The largest absolute Gasteiger partial charge is 0.481 e. The molecule has 0 saturated heterocycles. The van der Waals surface area contributed by atoms with Crippen LogP contribution in [-0.4, -0.2) is 15.0 Å². The van der Waals surface area contributed by atoms with Crippen molar-refractivity contribution in [2.24, 2.45) is 0 Å². The summed E-state index contributed by atoms with van der Waals surface area (Å²) in [5, 5.41) is 9.85. The summed E-state index contributed by atoms with van der Waals surface area (Å²) in [4.78, 5) is 23.6. The molecule has 0 bridgehead atoms. The number of aromatic nitrogens is 1. The molecule has 0 spiro atoms. The van der Waals surface area contributed by atoms with Crippen LogP contribution < -0.4 is 5.56 Å². The summed E-state index contributed by atoms with van der Waals surface area (Å²) in [7, 11) is 0. The van der Waals surface area contributed by atoms with Gasteiger partial charge in [0.1, 0.15) is 0 Å². The fourth-order valence-electron chi connectivity index (χ4n) is 3.05. The first-order chi connectivity index (χ1) is 9.12. The van der Waals surface area contributed by atoms with Crippen molar-refractivity contribution in [2.45, 2.75) is 37.6 Å². The monoisotopic (exact) mass is 277 g/mol. The van der Waals surface area contributed by atoms with Gasteiger partial charge in [0.05, 0.1) is 22.0 Å². The quantitative estimate of drug-likeness (QED) is 0.938. The van der Waals surface area contributed by atoms with E-state index < -0.39 is 11.5 Å². The summed E-state index contributed by atoms with van der Waals surface area (Å²) in [6, 6.07) is 7.48. The highest BCUT2D eigenvalue weighted by atomic mass is 32.1. The number of carboxylic acids is 1. The minimum atomic E-state index is -0.828. The van der Waals surface area contributed by atoms with Crippen molar-refractivity contribution in [3.8, 4) is 0 Å². The van der Waals surface area contributed by atoms with Crippen LogP contribution in [0.15, 0.2) is 29.1 Å². The van der Waals surface area contributed by atoms with Gasteiger partial charge in [-0.2, -0.15) is 0 Å². The molecule has 5 heteroatoms. The molecule has 1 aliphatic carbocycles. The predicted molar refractivity (Wildman–Crippen MR) is 74.8 cm³/mol. The topological polar surface area (TPSA) is 59.3 Å². The van der Waals surface area contributed by atoms with E-state index in [1.54, 1.807) is 3.96 Å². The first-order valence-corrected chi connectivity index (χ1v) is 7.23. The Balaban J connectivity index is 2.18. The van der Waals surface area contributed by atoms with E-state index in [-0.39, 0.29) is 12.0 Å². The normalized spacial score (nSPS) is 17.9. The maximum Gasteiger partial charge on any atom is 0.305 e. The van der Waals surface area contributed by atoms with E-state index >= 15 is 0 Å². The standard InChI is InChI=1S/C14H15NO3S/c16-12(17)9-14(7-3-4-8-14)15-13(18)10-5-1-2-6-11(10)19-15/h1-2,5-6H,3-4,7-9H2,(H,16,17). The van der Waals surface area contributed by atoms with Gasteiger partial charge in [-0.3, -0.25) is 13.5 Å². The Morgan fingerprint density at radius 3 is 2.63 bits per heavy atom. The van der Waals surface area contributed by atoms with Crippen LogP contribution in [0, 0.1) is 0 Å². The second kappa shape index (κ2) is 4.49. The van der Waals surface area contributed by atoms with Crippen LogP contribution in [0.25, 0.3) is 10.1 Å². The Morgan fingerprint density at radius 1 is 1.32 bits per heavy atom. The summed E-state index contributed by atoms with van der Waals surface area (Å²) in [5.74, 6) is -0.828. The van der Waals surface area contributed by atoms with Crippen molar-refractivity contribution in [2.75, 3.05) is 0 Å². The molecule has 0 aliphatic heterocycles. The molecule has 0 unspecified atom stereocenters. The second-order valence-electron chi connectivity index (χ2n) is 5.19. The van der Waals surface area contributed by atoms with Crippen molar-refractivity contribution in [1.29, 1.82) is 0 Å². The van der Waals surface area contributed by atoms with Gasteiger partial charge in [0.2, 0.25) is 0 Å². The summed E-state index contributed by atoms with van der Waals surface area (Å²) in [6.07, 6.45) is 3.60. The van der Waals surface area contributed by atoms with Gasteiger partial charge in [-0.25, -0.2) is 0 Å². The summed E-state index contributed by atoms with van der Waals surface area (Å²) >= 11 is 1.40. The fraction of sp³-hybridized carbons (Fsp3) is 0.429. The maximum atomic E-state index is 12.5. The average Bonchev–Trinajstić information content (AvgIpc) is 2.96. The molecule has 1 saturated carbocycles. The predicted octanol–water partition coefficient (Wildman–Crippen LogP) is 2.81. The Hall–Kier alpha value is -1.62. The molecule has 2 aromatic rings. The highest BCUT2D eigenvalue weighted by Gasteiger charge is 2.39. The van der Waals surface area contributed by atoms with E-state index in [0.29, 0.717) is 5.39 Å². The highest BCUT2D eigenvalue weighted by Crippen LogP contribution is 2.40. The molecule has 1 N–H and O–H groups in total. The molecular weight excluding hydrogens is 262 g/mol. The summed E-state index contributed by atoms with van der Waals surface area (Å²) in [5.41, 5.74) is -0.546. The third kappa shape index (κ3) is 1.98. The Labute approximate surface area is 114 Å². The maximum absolute atomic E-state index is 12.5. The van der Waals surface area contributed by atoms with Crippen molar-refractivity contribution in [3.63, 3.8) is 0 Å². The molecule has 1 heterocycles. The number of rotatable bonds is 3. The number of carbonyl (C=O) groups is 1. The first-order valence-electron chi connectivity index (χ1n) is 6.46. The van der Waals surface area contributed by atoms with Crippen LogP contribution in [0.1, 0.15) is 32.1 Å². The Bertz CT molecular complexity index is 679. The smallest absolute Gasteiger partial charge is 0.305 e. The van der Waals surface area contributed by atoms with Crippen LogP contribution in [0.3, 0.4) is 0 Å². The third-order valence-corrected chi connectivity index (χ3v) is 5.23. The van der Waals surface area contributed by atoms with Gasteiger partial charge in [-0.15, -0.1) is 0 Å². The van der Waals surface area contributed by atoms with E-state index in [1.165, 1.54) is 11.5 Å². The molecule has 1 aliphatic rings. The third-order valence-electron chi connectivity index (χ3n) is 3.94. The van der Waals surface area contributed by atoms with Gasteiger partial charge in [0.15, 0.2) is 0 Å². The molecule has 3 rings (SSSR count). The fourth-order valence-corrected chi connectivity index (χ4v) is 4.26. The van der Waals surface area contributed by atoms with Crippen LogP contribution in [0.4, 0.5) is 0 Å². The minimum absolute atomic E-state index is 0.0382. The second-order valence-corrected chi connectivity index (χ2v) is 6.18. The van der Waals surface area contributed by atoms with Gasteiger partial charge in [-0.1, -0.05) is 36.5 Å². The van der Waals surface area contributed by atoms with Gasteiger partial charge in [0, 0.05) is 0 Å². The first kappa shape index (κ1) is 12.4. The molecule has 0 radical (unpaired) electrons. The number of nitrogens with zero attached hydrogens (tertiary/aromatic N) is 1. The van der Waals surface area contributed by atoms with Crippen LogP contribution in [0.5, 0.6) is 0 Å². The molecule has 1 aromatic heterocycles. The molecule has 100 valence electrons. The zero-order chi connectivity index (χ0) is 13.5. The van der Waals surface area contributed by atoms with Gasteiger partial charge in [-0.05, 0) is 25.0 Å². The lowest BCUT2D eigenvalue weighted by Crippen LogP contribution is -2.37. The lowest BCUT2D eigenvalue weighted by molar-refractivity contribution is -0.139. The van der Waals surface area contributed by atoms with Crippen LogP contribution in [-0.2, 0) is 10.3 Å². The van der Waals surface area contributed by atoms with Crippen molar-refractivity contribution < 1.29 is 9.90 Å². The molecule has 0 amide bonds. The van der Waals surface area contributed by atoms with E-state index in [0.717, 1.165) is 30.4 Å². The number of aliphatic carboxylic acids is 1. The Kier molecular flexibility index (Phi) is 2.93. The number of hydrogen-bond acceptors (Lipinski definition) is 3. The van der Waals surface area contributed by atoms with E-state index in [2.05, 4.69) is 0 Å². The SMILES string of the molecule is O=C(O)CC1(n2sc3ccccc3c2=O)CCCC1. The molecule has 0 atom stereocenters. The molecule has 4 nitrogen and oxygen atoms in total. The molecular formula is C14H15NO3S. The molecule has 1 aromatic carbocycles. The molecule has 19 heavy (non-hydrogen) atoms. The van der Waals surface area contributed by atoms with Crippen molar-refractivity contribution >= 4 is 27.6 Å². The number of fused-ring (bicyclic) bond motifs is 1. The molecule has 1 fully saturated rings. The lowest BCUT2D eigenvalue weighted by Gasteiger charge is -2.27. The van der Waals surface area contributed by atoms with Crippen molar-refractivity contribution in [1.82, 2.24) is 3.96 Å². The van der Waals surface area contributed by atoms with E-state index in [4.69, 9.17) is 5.11 Å². The zero-order valence-corrected chi connectivity index (χ0v) is 11.3. The van der Waals surface area contributed by atoms with E-state index in [1.807, 2.05) is 24.3 Å². The van der Waals surface area contributed by atoms with Crippen molar-refractivity contribution in [3.05, 3.63) is 34.6 Å². The number of carboxylic acid groups (broad SMARTS) is 1. The number of hydrogen-bond donors (Lipinski definition) is 1. The number of benzene rings is 1. The summed E-state index contributed by atoms with van der Waals surface area (Å²) < 4.78 is 2.66. The highest BCUT2D eigenvalue weighted by molar-refractivity contribution is 7.13. The van der Waals surface area contributed by atoms with Crippen LogP contribution >= 0.6 is 11.5 Å². The average molecular weight is 277 g/mol. The van der Waals surface area contributed by atoms with Gasteiger partial charge >= 0.3 is 5.97 Å². The minimum Gasteiger partial charge on any atom is -0.481 e.